The van der Waals surface area contributed by atoms with Crippen molar-refractivity contribution in [1.82, 2.24) is 15.0 Å². The first-order valence-electron chi connectivity index (χ1n) is 10.7. The lowest BCUT2D eigenvalue weighted by molar-refractivity contribution is 0.186. The number of hydrogen-bond donors (Lipinski definition) is 2. The first kappa shape index (κ1) is 21.7. The Kier molecular flexibility index (Phi) is 6.59. The van der Waals surface area contributed by atoms with E-state index in [4.69, 9.17) is 10.5 Å². The number of aromatic nitrogens is 3. The highest BCUT2D eigenvalue weighted by Gasteiger charge is 2.17. The Balaban J connectivity index is 1.68. The van der Waals surface area contributed by atoms with E-state index in [1.807, 2.05) is 13.0 Å². The molecule has 164 valence electrons. The molecule has 3 aromatic rings. The third kappa shape index (κ3) is 4.85. The maximum atomic E-state index is 9.92. The molecule has 4 rings (SSSR count). The highest BCUT2D eigenvalue weighted by atomic mass is 16.5. The van der Waals surface area contributed by atoms with E-state index < -0.39 is 6.10 Å². The molecule has 0 unspecified atom stereocenters. The number of piperidine rings is 1. The van der Waals surface area contributed by atoms with Crippen LogP contribution in [0.25, 0.3) is 11.3 Å². The van der Waals surface area contributed by atoms with Crippen LogP contribution in [-0.2, 0) is 0 Å². The topological polar surface area (TPSA) is 121 Å². The van der Waals surface area contributed by atoms with E-state index in [0.29, 0.717) is 39.8 Å². The molecule has 2 aromatic heterocycles. The molecule has 0 bridgehead atoms. The number of aryl methyl sites for hydroxylation is 1. The van der Waals surface area contributed by atoms with Gasteiger partial charge in [-0.2, -0.15) is 10.2 Å². The second-order valence-electron chi connectivity index (χ2n) is 7.81. The average Bonchev–Trinajstić information content (AvgIpc) is 2.84. The number of aliphatic hydroxyl groups excluding tert-OH is 1. The molecular weight excluding hydrogens is 404 g/mol. The molecule has 1 aliphatic rings. The smallest absolute Gasteiger partial charge is 0.224 e. The van der Waals surface area contributed by atoms with Crippen molar-refractivity contribution in [2.24, 2.45) is 5.73 Å². The summed E-state index contributed by atoms with van der Waals surface area (Å²) >= 11 is 0. The van der Waals surface area contributed by atoms with Crippen molar-refractivity contribution in [1.29, 1.82) is 5.26 Å². The number of rotatable bonds is 6. The molecular formula is C24H26N6O2. The van der Waals surface area contributed by atoms with Gasteiger partial charge in [-0.1, -0.05) is 6.07 Å². The Morgan fingerprint density at radius 2 is 1.97 bits per heavy atom. The molecule has 8 nitrogen and oxygen atoms in total. The zero-order valence-electron chi connectivity index (χ0n) is 18.0. The average molecular weight is 431 g/mol. The monoisotopic (exact) mass is 430 g/mol. The Bertz CT molecular complexity index is 1120. The minimum atomic E-state index is -0.759. The molecule has 1 saturated heterocycles. The predicted molar refractivity (Wildman–Crippen MR) is 121 cm³/mol. The molecule has 0 aliphatic carbocycles. The molecule has 32 heavy (non-hydrogen) atoms. The van der Waals surface area contributed by atoms with Gasteiger partial charge in [-0.05, 0) is 50.5 Å². The Morgan fingerprint density at radius 1 is 1.16 bits per heavy atom. The molecule has 1 aliphatic heterocycles. The largest absolute Gasteiger partial charge is 0.438 e. The van der Waals surface area contributed by atoms with E-state index >= 15 is 0 Å². The minimum Gasteiger partial charge on any atom is -0.438 e. The highest BCUT2D eigenvalue weighted by Crippen LogP contribution is 2.34. The highest BCUT2D eigenvalue weighted by molar-refractivity contribution is 5.69. The summed E-state index contributed by atoms with van der Waals surface area (Å²) in [6.45, 7) is 3.90. The molecule has 3 heterocycles. The van der Waals surface area contributed by atoms with Gasteiger partial charge in [0.15, 0.2) is 0 Å². The van der Waals surface area contributed by atoms with E-state index in [1.165, 1.54) is 6.42 Å². The van der Waals surface area contributed by atoms with Crippen LogP contribution in [0.2, 0.25) is 0 Å². The molecule has 0 saturated carbocycles. The minimum absolute atomic E-state index is 0.124. The quantitative estimate of drug-likeness (QED) is 0.609. The Labute approximate surface area is 187 Å². The van der Waals surface area contributed by atoms with Gasteiger partial charge < -0.3 is 20.5 Å². The number of ether oxygens (including phenoxy) is 1. The van der Waals surface area contributed by atoms with Crippen LogP contribution in [0.15, 0.2) is 42.6 Å². The van der Waals surface area contributed by atoms with E-state index in [0.717, 1.165) is 31.7 Å². The standard InChI is InChI=1S/C24H26N6O2/c1-16-28-23(30-9-3-2-4-10-30)12-24(29-16)32-22-11-17(13-25)5-7-19(22)20-8-6-18(15-27-20)21(31)14-26/h5-8,11-12,15,21,31H,2-4,9-10,14,26H2,1H3/t21-/m1/s1. The van der Waals surface area contributed by atoms with Crippen LogP contribution in [0.3, 0.4) is 0 Å². The molecule has 3 N–H and O–H groups in total. The van der Waals surface area contributed by atoms with Crippen molar-refractivity contribution < 1.29 is 9.84 Å². The number of nitrogens with two attached hydrogens (primary N) is 1. The summed E-state index contributed by atoms with van der Waals surface area (Å²) < 4.78 is 6.18. The number of anilines is 1. The van der Waals surface area contributed by atoms with E-state index in [-0.39, 0.29) is 6.54 Å². The maximum absolute atomic E-state index is 9.92. The van der Waals surface area contributed by atoms with Gasteiger partial charge in [0.1, 0.15) is 17.4 Å². The second-order valence-corrected chi connectivity index (χ2v) is 7.81. The van der Waals surface area contributed by atoms with Crippen molar-refractivity contribution in [2.45, 2.75) is 32.3 Å². The number of aliphatic hydroxyl groups is 1. The summed E-state index contributed by atoms with van der Waals surface area (Å²) in [5, 5.41) is 19.3. The summed E-state index contributed by atoms with van der Waals surface area (Å²) in [5.74, 6) is 2.37. The lowest BCUT2D eigenvalue weighted by Crippen LogP contribution is -2.30. The third-order valence-electron chi connectivity index (χ3n) is 5.48. The van der Waals surface area contributed by atoms with Gasteiger partial charge >= 0.3 is 0 Å². The number of nitriles is 1. The van der Waals surface area contributed by atoms with Gasteiger partial charge in [0.2, 0.25) is 5.88 Å². The van der Waals surface area contributed by atoms with Crippen molar-refractivity contribution >= 4 is 5.82 Å². The van der Waals surface area contributed by atoms with E-state index in [2.05, 4.69) is 25.9 Å². The van der Waals surface area contributed by atoms with Gasteiger partial charge in [0, 0.05) is 43.0 Å². The second kappa shape index (κ2) is 9.73. The predicted octanol–water partition coefficient (Wildman–Crippen LogP) is 3.49. The SMILES string of the molecule is Cc1nc(Oc2cc(C#N)ccc2-c2ccc([C@H](O)CN)cn2)cc(N2CCCCC2)n1. The molecule has 1 atom stereocenters. The fourth-order valence-electron chi connectivity index (χ4n) is 3.76. The van der Waals surface area contributed by atoms with Gasteiger partial charge in [0.25, 0.3) is 0 Å². The number of pyridine rings is 1. The first-order chi connectivity index (χ1) is 15.6. The fraction of sp³-hybridized carbons (Fsp3) is 0.333. The van der Waals surface area contributed by atoms with E-state index in [1.54, 1.807) is 36.5 Å². The van der Waals surface area contributed by atoms with Gasteiger partial charge in [-0.15, -0.1) is 0 Å². The zero-order chi connectivity index (χ0) is 22.5. The van der Waals surface area contributed by atoms with Crippen molar-refractivity contribution in [3.8, 4) is 29.0 Å². The molecule has 0 radical (unpaired) electrons. The van der Waals surface area contributed by atoms with Gasteiger partial charge in [-0.3, -0.25) is 4.98 Å². The van der Waals surface area contributed by atoms with Gasteiger partial charge in [-0.25, -0.2) is 4.98 Å². The molecule has 0 spiro atoms. The van der Waals surface area contributed by atoms with Gasteiger partial charge in [0.05, 0.1) is 23.4 Å². The summed E-state index contributed by atoms with van der Waals surface area (Å²) in [6, 6.07) is 12.8. The molecule has 1 fully saturated rings. The number of benzene rings is 1. The Morgan fingerprint density at radius 3 is 2.66 bits per heavy atom. The van der Waals surface area contributed by atoms with Crippen LogP contribution in [0, 0.1) is 18.3 Å². The van der Waals surface area contributed by atoms with E-state index in [9.17, 15) is 10.4 Å². The van der Waals surface area contributed by atoms with Crippen LogP contribution in [0.4, 0.5) is 5.82 Å². The molecule has 0 amide bonds. The van der Waals surface area contributed by atoms with Crippen LogP contribution < -0.4 is 15.4 Å². The number of nitrogens with zero attached hydrogens (tertiary/aromatic N) is 5. The normalized spacial score (nSPS) is 14.6. The molecule has 1 aromatic carbocycles. The lowest BCUT2D eigenvalue weighted by Gasteiger charge is -2.28. The lowest BCUT2D eigenvalue weighted by atomic mass is 10.1. The summed E-state index contributed by atoms with van der Waals surface area (Å²) in [7, 11) is 0. The summed E-state index contributed by atoms with van der Waals surface area (Å²) in [6.07, 6.45) is 4.37. The van der Waals surface area contributed by atoms with Crippen LogP contribution >= 0.6 is 0 Å². The molecule has 8 heteroatoms. The summed E-state index contributed by atoms with van der Waals surface area (Å²) in [4.78, 5) is 15.8. The fourth-order valence-corrected chi connectivity index (χ4v) is 3.76. The van der Waals surface area contributed by atoms with Crippen molar-refractivity contribution in [3.63, 3.8) is 0 Å². The first-order valence-corrected chi connectivity index (χ1v) is 10.7. The van der Waals surface area contributed by atoms with Crippen LogP contribution in [-0.4, -0.2) is 39.7 Å². The van der Waals surface area contributed by atoms with Crippen molar-refractivity contribution in [3.05, 3.63) is 59.5 Å². The van der Waals surface area contributed by atoms with Crippen LogP contribution in [0.5, 0.6) is 11.6 Å². The van der Waals surface area contributed by atoms with Crippen LogP contribution in [0.1, 0.15) is 42.3 Å². The Hall–Kier alpha value is -3.54. The maximum Gasteiger partial charge on any atom is 0.224 e. The third-order valence-corrected chi connectivity index (χ3v) is 5.48. The summed E-state index contributed by atoms with van der Waals surface area (Å²) in [5.41, 5.74) is 8.01. The van der Waals surface area contributed by atoms with Crippen molar-refractivity contribution in [2.75, 3.05) is 24.5 Å². The zero-order valence-corrected chi connectivity index (χ0v) is 18.0. The number of hydrogen-bond acceptors (Lipinski definition) is 8.